The molecule has 1 fully saturated rings. The van der Waals surface area contributed by atoms with Crippen molar-refractivity contribution in [3.8, 4) is 0 Å². The molecule has 1 aliphatic heterocycles. The molecule has 0 saturated carbocycles. The molecular weight excluding hydrogens is 246 g/mol. The number of rotatable bonds is 2. The minimum absolute atomic E-state index is 0.225. The van der Waals surface area contributed by atoms with E-state index in [1.807, 2.05) is 0 Å². The summed E-state index contributed by atoms with van der Waals surface area (Å²) in [5.41, 5.74) is 4.83. The van der Waals surface area contributed by atoms with Gasteiger partial charge in [-0.3, -0.25) is 4.79 Å². The lowest BCUT2D eigenvalue weighted by molar-refractivity contribution is 0.0845. The molecular formula is C18H25NO. The molecule has 0 spiro atoms. The average Bonchev–Trinajstić information content (AvgIpc) is 2.46. The summed E-state index contributed by atoms with van der Waals surface area (Å²) in [4.78, 5) is 15.2. The van der Waals surface area contributed by atoms with Gasteiger partial charge in [0.2, 0.25) is 0 Å². The highest BCUT2D eigenvalue weighted by Gasteiger charge is 2.29. The smallest absolute Gasteiger partial charge is 0.167 e. The molecule has 1 saturated heterocycles. The number of carbonyl (C=O) groups is 1. The third kappa shape index (κ3) is 2.67. The van der Waals surface area contributed by atoms with Crippen LogP contribution >= 0.6 is 0 Å². The van der Waals surface area contributed by atoms with Gasteiger partial charge >= 0.3 is 0 Å². The summed E-state index contributed by atoms with van der Waals surface area (Å²) in [6, 6.07) is 4.34. The van der Waals surface area contributed by atoms with E-state index in [2.05, 4.69) is 30.9 Å². The molecule has 108 valence electrons. The van der Waals surface area contributed by atoms with Gasteiger partial charge in [0.1, 0.15) is 0 Å². The molecule has 1 aliphatic carbocycles. The molecule has 0 N–H and O–H groups in total. The molecule has 0 radical (unpaired) electrons. The maximum absolute atomic E-state index is 12.7. The Labute approximate surface area is 122 Å². The predicted molar refractivity (Wildman–Crippen MR) is 82.3 cm³/mol. The van der Waals surface area contributed by atoms with E-state index in [0.29, 0.717) is 5.78 Å². The average molecular weight is 271 g/mol. The van der Waals surface area contributed by atoms with Crippen molar-refractivity contribution in [3.63, 3.8) is 0 Å². The van der Waals surface area contributed by atoms with Crippen LogP contribution in [0.25, 0.3) is 0 Å². The van der Waals surface area contributed by atoms with Gasteiger partial charge in [0.25, 0.3) is 0 Å². The molecule has 2 aliphatic rings. The highest BCUT2D eigenvalue weighted by atomic mass is 16.1. The Bertz CT molecular complexity index is 514. The number of likely N-dealkylation sites (tertiary alicyclic amines) is 1. The van der Waals surface area contributed by atoms with Crippen LogP contribution in [-0.4, -0.2) is 30.3 Å². The maximum Gasteiger partial charge on any atom is 0.167 e. The van der Waals surface area contributed by atoms with Crippen molar-refractivity contribution in [2.45, 2.75) is 46.0 Å². The van der Waals surface area contributed by atoms with Crippen molar-refractivity contribution in [1.82, 2.24) is 4.90 Å². The predicted octanol–water partition coefficient (Wildman–Crippen LogP) is 3.53. The second-order valence-corrected chi connectivity index (χ2v) is 6.55. The van der Waals surface area contributed by atoms with Crippen LogP contribution in [0, 0.1) is 19.8 Å². The highest BCUT2D eigenvalue weighted by molar-refractivity contribution is 6.00. The number of aryl methyl sites for hydroxylation is 3. The van der Waals surface area contributed by atoms with Crippen LogP contribution in [-0.2, 0) is 6.42 Å². The van der Waals surface area contributed by atoms with Crippen LogP contribution in [0.4, 0.5) is 0 Å². The molecule has 2 nitrogen and oxygen atoms in total. The van der Waals surface area contributed by atoms with E-state index >= 15 is 0 Å². The second kappa shape index (κ2) is 5.69. The summed E-state index contributed by atoms with van der Waals surface area (Å²) in [6.45, 7) is 7.59. The zero-order valence-electron chi connectivity index (χ0n) is 12.7. The molecule has 1 atom stereocenters. The number of fused-ring (bicyclic) bond motifs is 1. The lowest BCUT2D eigenvalue weighted by atomic mass is 9.80. The number of hydrogen-bond acceptors (Lipinski definition) is 2. The Kier molecular flexibility index (Phi) is 3.93. The molecule has 0 amide bonds. The van der Waals surface area contributed by atoms with Gasteiger partial charge in [0, 0.05) is 18.0 Å². The number of benzene rings is 1. The molecule has 1 aromatic carbocycles. The Morgan fingerprint density at radius 3 is 2.55 bits per heavy atom. The fourth-order valence-corrected chi connectivity index (χ4v) is 3.62. The summed E-state index contributed by atoms with van der Waals surface area (Å²) in [6.07, 6.45) is 6.06. The van der Waals surface area contributed by atoms with E-state index in [4.69, 9.17) is 0 Å². The van der Waals surface area contributed by atoms with Crippen molar-refractivity contribution < 1.29 is 4.79 Å². The molecule has 1 heterocycles. The van der Waals surface area contributed by atoms with Crippen LogP contribution in [0.5, 0.6) is 0 Å². The van der Waals surface area contributed by atoms with Gasteiger partial charge in [-0.25, -0.2) is 0 Å². The summed E-state index contributed by atoms with van der Waals surface area (Å²) < 4.78 is 0. The van der Waals surface area contributed by atoms with Crippen molar-refractivity contribution in [2.24, 2.45) is 5.92 Å². The Hall–Kier alpha value is -1.15. The van der Waals surface area contributed by atoms with E-state index in [1.54, 1.807) is 0 Å². The van der Waals surface area contributed by atoms with Crippen molar-refractivity contribution in [1.29, 1.82) is 0 Å². The zero-order valence-corrected chi connectivity index (χ0v) is 12.7. The van der Waals surface area contributed by atoms with Crippen LogP contribution in [0.3, 0.4) is 0 Å². The van der Waals surface area contributed by atoms with E-state index < -0.39 is 0 Å². The Balaban J connectivity index is 1.76. The first-order valence-corrected chi connectivity index (χ1v) is 8.02. The number of ketones is 1. The largest absolute Gasteiger partial charge is 0.303 e. The maximum atomic E-state index is 12.7. The Morgan fingerprint density at radius 2 is 1.80 bits per heavy atom. The first kappa shape index (κ1) is 13.8. The van der Waals surface area contributed by atoms with E-state index in [0.717, 1.165) is 24.9 Å². The second-order valence-electron chi connectivity index (χ2n) is 6.55. The first-order chi connectivity index (χ1) is 9.65. The monoisotopic (exact) mass is 271 g/mol. The number of piperidine rings is 1. The quantitative estimate of drug-likeness (QED) is 0.820. The van der Waals surface area contributed by atoms with Crippen LogP contribution < -0.4 is 0 Å². The third-order valence-corrected chi connectivity index (χ3v) is 5.05. The molecule has 0 aromatic heterocycles. The number of Topliss-reactive ketones (excluding diaryl/α,β-unsaturated/α-hetero) is 1. The Morgan fingerprint density at radius 1 is 1.10 bits per heavy atom. The lowest BCUT2D eigenvalue weighted by Gasteiger charge is -2.32. The molecule has 2 heteroatoms. The third-order valence-electron chi connectivity index (χ3n) is 5.05. The minimum atomic E-state index is 0.225. The van der Waals surface area contributed by atoms with E-state index in [-0.39, 0.29) is 5.92 Å². The van der Waals surface area contributed by atoms with Crippen LogP contribution in [0.15, 0.2) is 12.1 Å². The SMILES string of the molecule is Cc1cc2c(cc1C)C(=O)C(CN1CCCCC1)CC2. The van der Waals surface area contributed by atoms with Crippen molar-refractivity contribution >= 4 is 5.78 Å². The lowest BCUT2D eigenvalue weighted by Crippen LogP contribution is -2.38. The first-order valence-electron chi connectivity index (χ1n) is 8.02. The van der Waals surface area contributed by atoms with E-state index in [1.165, 1.54) is 49.0 Å². The summed E-state index contributed by atoms with van der Waals surface area (Å²) >= 11 is 0. The fourth-order valence-electron chi connectivity index (χ4n) is 3.62. The van der Waals surface area contributed by atoms with E-state index in [9.17, 15) is 4.79 Å². The number of hydrogen-bond donors (Lipinski definition) is 0. The van der Waals surface area contributed by atoms with Gasteiger partial charge in [0.05, 0.1) is 0 Å². The molecule has 1 unspecified atom stereocenters. The standard InChI is InChI=1S/C18H25NO/c1-13-10-15-6-7-16(12-19-8-4-3-5-9-19)18(20)17(15)11-14(13)2/h10-11,16H,3-9,12H2,1-2H3. The minimum Gasteiger partial charge on any atom is -0.303 e. The van der Waals surface area contributed by atoms with Crippen molar-refractivity contribution in [2.75, 3.05) is 19.6 Å². The summed E-state index contributed by atoms with van der Waals surface area (Å²) in [5.74, 6) is 0.614. The van der Waals surface area contributed by atoms with Gasteiger partial charge in [-0.05, 0) is 75.4 Å². The summed E-state index contributed by atoms with van der Waals surface area (Å²) in [7, 11) is 0. The van der Waals surface area contributed by atoms with Gasteiger partial charge in [0.15, 0.2) is 5.78 Å². The van der Waals surface area contributed by atoms with Gasteiger partial charge in [-0.2, -0.15) is 0 Å². The van der Waals surface area contributed by atoms with Crippen LogP contribution in [0.2, 0.25) is 0 Å². The molecule has 0 bridgehead atoms. The molecule has 1 aromatic rings. The van der Waals surface area contributed by atoms with Gasteiger partial charge in [-0.1, -0.05) is 12.5 Å². The number of nitrogens with zero attached hydrogens (tertiary/aromatic N) is 1. The number of carbonyl (C=O) groups excluding carboxylic acids is 1. The molecule has 20 heavy (non-hydrogen) atoms. The highest BCUT2D eigenvalue weighted by Crippen LogP contribution is 2.29. The molecule has 3 rings (SSSR count). The van der Waals surface area contributed by atoms with Gasteiger partial charge < -0.3 is 4.90 Å². The van der Waals surface area contributed by atoms with Crippen molar-refractivity contribution in [3.05, 3.63) is 34.4 Å². The fraction of sp³-hybridized carbons (Fsp3) is 0.611. The normalized spacial score (nSPS) is 23.7. The van der Waals surface area contributed by atoms with Crippen LogP contribution in [0.1, 0.15) is 52.7 Å². The topological polar surface area (TPSA) is 20.3 Å². The van der Waals surface area contributed by atoms with Gasteiger partial charge in [-0.15, -0.1) is 0 Å². The summed E-state index contributed by atoms with van der Waals surface area (Å²) in [5, 5.41) is 0. The zero-order chi connectivity index (χ0) is 14.1.